The molecule has 1 saturated carbocycles. The van der Waals surface area contributed by atoms with Crippen LogP contribution < -0.4 is 10.5 Å². The van der Waals surface area contributed by atoms with Gasteiger partial charge in [0, 0.05) is 0 Å². The fraction of sp³-hybridized carbons (Fsp3) is 0.333. The van der Waals surface area contributed by atoms with Crippen molar-refractivity contribution < 1.29 is 4.74 Å². The maximum absolute atomic E-state index is 5.84. The van der Waals surface area contributed by atoms with Crippen LogP contribution in [0.2, 0.25) is 0 Å². The van der Waals surface area contributed by atoms with Crippen molar-refractivity contribution in [3.8, 4) is 11.5 Å². The van der Waals surface area contributed by atoms with E-state index in [4.69, 9.17) is 10.5 Å². The van der Waals surface area contributed by atoms with Crippen LogP contribution in [-0.4, -0.2) is 6.54 Å². The van der Waals surface area contributed by atoms with Crippen LogP contribution in [0.1, 0.15) is 25.3 Å². The highest BCUT2D eigenvalue weighted by atomic mass is 16.5. The minimum Gasteiger partial charge on any atom is -0.457 e. The molecule has 104 valence electrons. The first-order valence-corrected chi connectivity index (χ1v) is 7.16. The molecular formula is C18H21NO. The molecule has 0 bridgehead atoms. The predicted octanol–water partition coefficient (Wildman–Crippen LogP) is 4.18. The van der Waals surface area contributed by atoms with Gasteiger partial charge in [-0.2, -0.15) is 0 Å². The topological polar surface area (TPSA) is 35.2 Å². The second-order valence-corrected chi connectivity index (χ2v) is 6.13. The zero-order valence-corrected chi connectivity index (χ0v) is 12.0. The van der Waals surface area contributed by atoms with Crippen LogP contribution in [0.5, 0.6) is 11.5 Å². The van der Waals surface area contributed by atoms with Crippen molar-refractivity contribution in [2.75, 3.05) is 6.54 Å². The quantitative estimate of drug-likeness (QED) is 0.902. The van der Waals surface area contributed by atoms with Gasteiger partial charge in [-0.05, 0) is 53.6 Å². The number of nitrogens with two attached hydrogens (primary N) is 1. The van der Waals surface area contributed by atoms with E-state index in [1.165, 1.54) is 5.56 Å². The molecule has 2 atom stereocenters. The number of para-hydroxylation sites is 1. The average molecular weight is 267 g/mol. The lowest BCUT2D eigenvalue weighted by atomic mass is 10.0. The molecule has 2 unspecified atom stereocenters. The third-order valence-corrected chi connectivity index (χ3v) is 4.52. The van der Waals surface area contributed by atoms with E-state index in [0.29, 0.717) is 17.3 Å². The smallest absolute Gasteiger partial charge is 0.127 e. The van der Waals surface area contributed by atoms with Crippen molar-refractivity contribution in [3.05, 3.63) is 60.2 Å². The minimum atomic E-state index is 0.330. The normalized spacial score (nSPS) is 23.4. The number of hydrogen-bond acceptors (Lipinski definition) is 2. The molecule has 2 aromatic carbocycles. The fourth-order valence-corrected chi connectivity index (χ4v) is 3.21. The number of rotatable bonds is 4. The van der Waals surface area contributed by atoms with Crippen molar-refractivity contribution in [1.29, 1.82) is 0 Å². The molecule has 0 spiro atoms. The molecule has 3 rings (SSSR count). The molecule has 1 fully saturated rings. The molecule has 20 heavy (non-hydrogen) atoms. The lowest BCUT2D eigenvalue weighted by molar-refractivity contribution is 0.482. The Morgan fingerprint density at radius 2 is 1.55 bits per heavy atom. The van der Waals surface area contributed by atoms with E-state index in [-0.39, 0.29) is 0 Å². The Morgan fingerprint density at radius 1 is 0.950 bits per heavy atom. The Hall–Kier alpha value is -1.80. The van der Waals surface area contributed by atoms with Gasteiger partial charge >= 0.3 is 0 Å². The Labute approximate surface area is 120 Å². The molecule has 0 heterocycles. The van der Waals surface area contributed by atoms with Crippen LogP contribution in [0.4, 0.5) is 0 Å². The Balaban J connectivity index is 1.73. The van der Waals surface area contributed by atoms with Gasteiger partial charge in [0.25, 0.3) is 0 Å². The number of benzene rings is 2. The molecule has 0 amide bonds. The Morgan fingerprint density at radius 3 is 2.10 bits per heavy atom. The summed E-state index contributed by atoms with van der Waals surface area (Å²) in [7, 11) is 0. The molecule has 2 nitrogen and oxygen atoms in total. The van der Waals surface area contributed by atoms with E-state index < -0.39 is 0 Å². The summed E-state index contributed by atoms with van der Waals surface area (Å²) in [6.07, 6.45) is 0. The van der Waals surface area contributed by atoms with Gasteiger partial charge in [0.15, 0.2) is 0 Å². The molecule has 1 aliphatic rings. The standard InChI is InChI=1S/C18H21NO/c1-18(2)16(12-19)17(18)13-8-10-15(11-9-13)20-14-6-4-3-5-7-14/h3-11,16-17H,12,19H2,1-2H3. The summed E-state index contributed by atoms with van der Waals surface area (Å²) in [6.45, 7) is 5.35. The second-order valence-electron chi connectivity index (χ2n) is 6.13. The first-order valence-electron chi connectivity index (χ1n) is 7.16. The van der Waals surface area contributed by atoms with Crippen LogP contribution in [0.25, 0.3) is 0 Å². The molecule has 0 saturated heterocycles. The maximum Gasteiger partial charge on any atom is 0.127 e. The summed E-state index contributed by atoms with van der Waals surface area (Å²) in [5, 5.41) is 0. The van der Waals surface area contributed by atoms with Gasteiger partial charge in [0.2, 0.25) is 0 Å². The van der Waals surface area contributed by atoms with E-state index in [1.807, 2.05) is 42.5 Å². The molecule has 2 aromatic rings. The summed E-state index contributed by atoms with van der Waals surface area (Å²) < 4.78 is 5.81. The van der Waals surface area contributed by atoms with Gasteiger partial charge in [-0.1, -0.05) is 44.2 Å². The molecule has 2 heteroatoms. The molecule has 0 aliphatic heterocycles. The van der Waals surface area contributed by atoms with Crippen molar-refractivity contribution in [1.82, 2.24) is 0 Å². The lowest BCUT2D eigenvalue weighted by Crippen LogP contribution is -2.05. The Bertz CT molecular complexity index is 574. The first-order chi connectivity index (χ1) is 9.63. The summed E-state index contributed by atoms with van der Waals surface area (Å²) in [5.74, 6) is 2.93. The fourth-order valence-electron chi connectivity index (χ4n) is 3.21. The average Bonchev–Trinajstić information content (AvgIpc) is 3.02. The van der Waals surface area contributed by atoms with Crippen LogP contribution in [0, 0.1) is 11.3 Å². The highest BCUT2D eigenvalue weighted by Gasteiger charge is 2.57. The predicted molar refractivity (Wildman–Crippen MR) is 82.0 cm³/mol. The maximum atomic E-state index is 5.84. The lowest BCUT2D eigenvalue weighted by Gasteiger charge is -2.07. The van der Waals surface area contributed by atoms with Crippen LogP contribution in [0.15, 0.2) is 54.6 Å². The van der Waals surface area contributed by atoms with Crippen LogP contribution in [0.3, 0.4) is 0 Å². The number of ether oxygens (including phenoxy) is 1. The van der Waals surface area contributed by atoms with E-state index >= 15 is 0 Å². The summed E-state index contributed by atoms with van der Waals surface area (Å²) in [6, 6.07) is 18.3. The highest BCUT2D eigenvalue weighted by Crippen LogP contribution is 2.63. The van der Waals surface area contributed by atoms with Crippen LogP contribution >= 0.6 is 0 Å². The Kier molecular flexibility index (Phi) is 3.27. The molecule has 2 N–H and O–H groups in total. The zero-order chi connectivity index (χ0) is 14.2. The van der Waals surface area contributed by atoms with Gasteiger partial charge in [-0.25, -0.2) is 0 Å². The SMILES string of the molecule is CC1(C)C(CN)C1c1ccc(Oc2ccccc2)cc1. The minimum absolute atomic E-state index is 0.330. The van der Waals surface area contributed by atoms with Gasteiger partial charge < -0.3 is 10.5 Å². The largest absolute Gasteiger partial charge is 0.457 e. The highest BCUT2D eigenvalue weighted by molar-refractivity contribution is 5.38. The van der Waals surface area contributed by atoms with Gasteiger partial charge in [-0.15, -0.1) is 0 Å². The first kappa shape index (κ1) is 13.2. The van der Waals surface area contributed by atoms with Crippen molar-refractivity contribution in [2.24, 2.45) is 17.1 Å². The van der Waals surface area contributed by atoms with E-state index in [1.54, 1.807) is 0 Å². The van der Waals surface area contributed by atoms with E-state index in [9.17, 15) is 0 Å². The van der Waals surface area contributed by atoms with E-state index in [2.05, 4.69) is 26.0 Å². The summed E-state index contributed by atoms with van der Waals surface area (Å²) in [5.41, 5.74) is 7.54. The zero-order valence-electron chi connectivity index (χ0n) is 12.0. The summed E-state index contributed by atoms with van der Waals surface area (Å²) >= 11 is 0. The van der Waals surface area contributed by atoms with Crippen LogP contribution in [-0.2, 0) is 0 Å². The molecular weight excluding hydrogens is 246 g/mol. The third-order valence-electron chi connectivity index (χ3n) is 4.52. The molecule has 0 aromatic heterocycles. The van der Waals surface area contributed by atoms with Gasteiger partial charge in [0.05, 0.1) is 0 Å². The second kappa shape index (κ2) is 4.95. The molecule has 1 aliphatic carbocycles. The van der Waals surface area contributed by atoms with Gasteiger partial charge in [0.1, 0.15) is 11.5 Å². The van der Waals surface area contributed by atoms with E-state index in [0.717, 1.165) is 18.0 Å². The number of hydrogen-bond donors (Lipinski definition) is 1. The molecule has 0 radical (unpaired) electrons. The van der Waals surface area contributed by atoms with Crippen molar-refractivity contribution in [3.63, 3.8) is 0 Å². The van der Waals surface area contributed by atoms with Crippen molar-refractivity contribution in [2.45, 2.75) is 19.8 Å². The third kappa shape index (κ3) is 2.32. The summed E-state index contributed by atoms with van der Waals surface area (Å²) in [4.78, 5) is 0. The van der Waals surface area contributed by atoms with Gasteiger partial charge in [-0.3, -0.25) is 0 Å². The monoisotopic (exact) mass is 267 g/mol. The van der Waals surface area contributed by atoms with Crippen molar-refractivity contribution >= 4 is 0 Å².